The van der Waals surface area contributed by atoms with Crippen molar-refractivity contribution in [3.63, 3.8) is 0 Å². The first-order valence-corrected chi connectivity index (χ1v) is 6.70. The molecule has 0 spiro atoms. The van der Waals surface area contributed by atoms with Crippen molar-refractivity contribution in [2.75, 3.05) is 11.9 Å². The number of hydrogen-bond donors (Lipinski definition) is 1. The summed E-state index contributed by atoms with van der Waals surface area (Å²) in [4.78, 5) is 26.7. The third-order valence-electron chi connectivity index (χ3n) is 2.77. The van der Waals surface area contributed by atoms with E-state index in [-0.39, 0.29) is 10.7 Å². The molecule has 0 radical (unpaired) electrons. The summed E-state index contributed by atoms with van der Waals surface area (Å²) in [5.41, 5.74) is -1.63. The molecular formula is C14H6ClF5N2O3. The van der Waals surface area contributed by atoms with Crippen molar-refractivity contribution < 1.29 is 36.3 Å². The van der Waals surface area contributed by atoms with Crippen LogP contribution in [-0.2, 0) is 9.53 Å². The SMILES string of the molecule is O=C(COC(=O)c1ccc(Cl)nc1)Nc1c(F)c(F)c(F)c(F)c1F. The fourth-order valence-corrected chi connectivity index (χ4v) is 1.71. The van der Waals surface area contributed by atoms with Gasteiger partial charge in [-0.25, -0.2) is 31.7 Å². The molecule has 132 valence electrons. The van der Waals surface area contributed by atoms with E-state index >= 15 is 0 Å². The van der Waals surface area contributed by atoms with Gasteiger partial charge in [-0.15, -0.1) is 0 Å². The highest BCUT2D eigenvalue weighted by atomic mass is 35.5. The Morgan fingerprint density at radius 3 is 2.08 bits per heavy atom. The first-order chi connectivity index (χ1) is 11.7. The molecule has 1 amide bonds. The summed E-state index contributed by atoms with van der Waals surface area (Å²) in [6, 6.07) is 2.51. The lowest BCUT2D eigenvalue weighted by molar-refractivity contribution is -0.119. The Bertz CT molecular complexity index is 816. The molecule has 1 aromatic heterocycles. The lowest BCUT2D eigenvalue weighted by Crippen LogP contribution is -2.23. The number of anilines is 1. The minimum absolute atomic E-state index is 0.0755. The predicted octanol–water partition coefficient (Wildman–Crippen LogP) is 3.23. The van der Waals surface area contributed by atoms with Gasteiger partial charge in [-0.3, -0.25) is 4.79 Å². The molecule has 1 N–H and O–H groups in total. The third kappa shape index (κ3) is 4.02. The van der Waals surface area contributed by atoms with Gasteiger partial charge in [0.25, 0.3) is 5.91 Å². The zero-order valence-corrected chi connectivity index (χ0v) is 12.6. The Kier molecular flexibility index (Phi) is 5.52. The van der Waals surface area contributed by atoms with E-state index in [9.17, 15) is 31.5 Å². The van der Waals surface area contributed by atoms with Crippen LogP contribution in [0.4, 0.5) is 27.6 Å². The lowest BCUT2D eigenvalue weighted by atomic mass is 10.2. The average Bonchev–Trinajstić information content (AvgIpc) is 2.60. The van der Waals surface area contributed by atoms with Crippen molar-refractivity contribution in [3.05, 3.63) is 58.1 Å². The van der Waals surface area contributed by atoms with Crippen molar-refractivity contribution in [1.82, 2.24) is 4.98 Å². The van der Waals surface area contributed by atoms with Crippen LogP contribution < -0.4 is 5.32 Å². The Labute approximate surface area is 141 Å². The number of carbonyl (C=O) groups is 2. The lowest BCUT2D eigenvalue weighted by Gasteiger charge is -2.10. The van der Waals surface area contributed by atoms with Crippen LogP contribution in [0.15, 0.2) is 18.3 Å². The van der Waals surface area contributed by atoms with Crippen LogP contribution in [0.5, 0.6) is 0 Å². The summed E-state index contributed by atoms with van der Waals surface area (Å²) in [6.07, 6.45) is 1.05. The Morgan fingerprint density at radius 1 is 1.00 bits per heavy atom. The number of pyridine rings is 1. The van der Waals surface area contributed by atoms with Gasteiger partial charge in [-0.1, -0.05) is 11.6 Å². The molecule has 11 heteroatoms. The summed E-state index contributed by atoms with van der Waals surface area (Å²) in [7, 11) is 0. The average molecular weight is 381 g/mol. The molecule has 2 rings (SSSR count). The Morgan fingerprint density at radius 2 is 1.56 bits per heavy atom. The van der Waals surface area contributed by atoms with E-state index < -0.39 is 53.3 Å². The number of rotatable bonds is 4. The van der Waals surface area contributed by atoms with E-state index in [0.717, 1.165) is 6.20 Å². The number of benzene rings is 1. The van der Waals surface area contributed by atoms with Crippen molar-refractivity contribution in [2.24, 2.45) is 0 Å². The van der Waals surface area contributed by atoms with E-state index in [1.54, 1.807) is 0 Å². The molecule has 0 saturated heterocycles. The van der Waals surface area contributed by atoms with E-state index in [0.29, 0.717) is 0 Å². The monoisotopic (exact) mass is 380 g/mol. The zero-order chi connectivity index (χ0) is 18.7. The van der Waals surface area contributed by atoms with Crippen LogP contribution in [0.25, 0.3) is 0 Å². The standard InChI is InChI=1S/C14H6ClF5N2O3/c15-6-2-1-5(3-21-6)14(24)25-4-7(23)22-13-11(19)9(17)8(16)10(18)12(13)20/h1-3H,4H2,(H,22,23). The molecule has 2 aromatic rings. The molecule has 25 heavy (non-hydrogen) atoms. The van der Waals surface area contributed by atoms with E-state index in [1.165, 1.54) is 17.4 Å². The summed E-state index contributed by atoms with van der Waals surface area (Å²) in [5.74, 6) is -13.6. The molecule has 0 aliphatic carbocycles. The number of nitrogens with zero attached hydrogens (tertiary/aromatic N) is 1. The topological polar surface area (TPSA) is 68.3 Å². The molecular weight excluding hydrogens is 375 g/mol. The summed E-state index contributed by atoms with van der Waals surface area (Å²) in [6.45, 7) is -1.04. The maximum atomic E-state index is 13.4. The molecule has 0 atom stereocenters. The van der Waals surface area contributed by atoms with Gasteiger partial charge in [0, 0.05) is 6.20 Å². The molecule has 0 bridgehead atoms. The van der Waals surface area contributed by atoms with Gasteiger partial charge in [-0.05, 0) is 12.1 Å². The van der Waals surface area contributed by atoms with Crippen LogP contribution in [-0.4, -0.2) is 23.5 Å². The summed E-state index contributed by atoms with van der Waals surface area (Å²) >= 11 is 5.51. The van der Waals surface area contributed by atoms with E-state index in [4.69, 9.17) is 11.6 Å². The number of aromatic nitrogens is 1. The Hall–Kier alpha value is -2.75. The second-order valence-corrected chi connectivity index (χ2v) is 4.83. The quantitative estimate of drug-likeness (QED) is 0.291. The molecule has 0 aliphatic rings. The van der Waals surface area contributed by atoms with Crippen LogP contribution in [0.3, 0.4) is 0 Å². The fourth-order valence-electron chi connectivity index (χ4n) is 1.60. The molecule has 5 nitrogen and oxygen atoms in total. The second kappa shape index (κ2) is 7.43. The number of halogens is 6. The molecule has 1 aromatic carbocycles. The maximum Gasteiger partial charge on any atom is 0.340 e. The van der Waals surface area contributed by atoms with Gasteiger partial charge in [0.15, 0.2) is 29.9 Å². The molecule has 0 aliphatic heterocycles. The van der Waals surface area contributed by atoms with Crippen LogP contribution >= 0.6 is 11.6 Å². The molecule has 0 unspecified atom stereocenters. The highest BCUT2D eigenvalue weighted by Crippen LogP contribution is 2.27. The van der Waals surface area contributed by atoms with Crippen LogP contribution in [0.2, 0.25) is 5.15 Å². The number of nitrogens with one attached hydrogen (secondary N) is 1. The normalized spacial score (nSPS) is 10.5. The van der Waals surface area contributed by atoms with Crippen molar-refractivity contribution in [1.29, 1.82) is 0 Å². The number of carbonyl (C=O) groups excluding carboxylic acids is 2. The number of esters is 1. The zero-order valence-electron chi connectivity index (χ0n) is 11.9. The maximum absolute atomic E-state index is 13.4. The third-order valence-corrected chi connectivity index (χ3v) is 3.00. The largest absolute Gasteiger partial charge is 0.452 e. The van der Waals surface area contributed by atoms with Gasteiger partial charge in [0.2, 0.25) is 5.82 Å². The summed E-state index contributed by atoms with van der Waals surface area (Å²) in [5, 5.41) is 1.55. The number of ether oxygens (including phenoxy) is 1. The first-order valence-electron chi connectivity index (χ1n) is 6.32. The minimum Gasteiger partial charge on any atom is -0.452 e. The molecule has 0 fully saturated rings. The smallest absolute Gasteiger partial charge is 0.340 e. The van der Waals surface area contributed by atoms with Crippen LogP contribution in [0, 0.1) is 29.1 Å². The van der Waals surface area contributed by atoms with Gasteiger partial charge in [-0.2, -0.15) is 0 Å². The van der Waals surface area contributed by atoms with E-state index in [2.05, 4.69) is 9.72 Å². The van der Waals surface area contributed by atoms with Gasteiger partial charge in [0.1, 0.15) is 10.8 Å². The van der Waals surface area contributed by atoms with Crippen molar-refractivity contribution >= 4 is 29.2 Å². The predicted molar refractivity (Wildman–Crippen MR) is 74.4 cm³/mol. The van der Waals surface area contributed by atoms with Gasteiger partial charge < -0.3 is 10.1 Å². The van der Waals surface area contributed by atoms with Crippen LogP contribution in [0.1, 0.15) is 10.4 Å². The number of amides is 1. The van der Waals surface area contributed by atoms with Crippen molar-refractivity contribution in [3.8, 4) is 0 Å². The fraction of sp³-hybridized carbons (Fsp3) is 0.0714. The van der Waals surface area contributed by atoms with Crippen molar-refractivity contribution in [2.45, 2.75) is 0 Å². The Balaban J connectivity index is 2.06. The highest BCUT2D eigenvalue weighted by molar-refractivity contribution is 6.29. The summed E-state index contributed by atoms with van der Waals surface area (Å²) < 4.78 is 70.2. The minimum atomic E-state index is -2.37. The first kappa shape index (κ1) is 18.6. The van der Waals surface area contributed by atoms with Gasteiger partial charge in [0.05, 0.1) is 5.56 Å². The molecule has 0 saturated carbocycles. The number of hydrogen-bond acceptors (Lipinski definition) is 4. The molecule has 1 heterocycles. The second-order valence-electron chi connectivity index (χ2n) is 4.44. The highest BCUT2D eigenvalue weighted by Gasteiger charge is 2.27. The van der Waals surface area contributed by atoms with Gasteiger partial charge >= 0.3 is 5.97 Å². The van der Waals surface area contributed by atoms with E-state index in [1.807, 2.05) is 0 Å².